The maximum atomic E-state index is 12.0. The second-order valence-corrected chi connectivity index (χ2v) is 6.23. The number of benzene rings is 1. The summed E-state index contributed by atoms with van der Waals surface area (Å²) in [5.74, 6) is -0.244. The molecule has 0 atom stereocenters. The van der Waals surface area contributed by atoms with Crippen LogP contribution in [-0.2, 0) is 0 Å². The molecule has 1 aromatic rings. The first kappa shape index (κ1) is 14.6. The minimum Gasteiger partial charge on any atom is -0.393 e. The minimum atomic E-state index is -0.561. The van der Waals surface area contributed by atoms with E-state index in [1.165, 1.54) is 24.6 Å². The van der Waals surface area contributed by atoms with Gasteiger partial charge in [-0.05, 0) is 31.2 Å². The van der Waals surface area contributed by atoms with Gasteiger partial charge in [0.1, 0.15) is 5.69 Å². The van der Waals surface area contributed by atoms with Crippen molar-refractivity contribution in [2.75, 3.05) is 18.5 Å². The van der Waals surface area contributed by atoms with Crippen molar-refractivity contribution in [3.63, 3.8) is 0 Å². The van der Waals surface area contributed by atoms with E-state index in [1.807, 2.05) is 0 Å². The highest BCUT2D eigenvalue weighted by atomic mass is 32.2. The molecule has 1 amide bonds. The van der Waals surface area contributed by atoms with Gasteiger partial charge in [0.2, 0.25) is 0 Å². The molecule has 20 heavy (non-hydrogen) atoms. The summed E-state index contributed by atoms with van der Waals surface area (Å²) in [6.45, 7) is 0.615. The first-order chi connectivity index (χ1) is 9.47. The molecule has 1 saturated carbocycles. The molecule has 108 valence electrons. The number of nitrogens with one attached hydrogen (secondary N) is 1. The second kappa shape index (κ2) is 5.70. The summed E-state index contributed by atoms with van der Waals surface area (Å²) < 4.78 is 0.155. The van der Waals surface area contributed by atoms with E-state index in [2.05, 4.69) is 11.6 Å². The van der Waals surface area contributed by atoms with E-state index in [0.29, 0.717) is 12.1 Å². The van der Waals surface area contributed by atoms with E-state index in [1.54, 1.807) is 11.8 Å². The molecule has 0 spiro atoms. The van der Waals surface area contributed by atoms with Crippen LogP contribution in [0.5, 0.6) is 0 Å². The zero-order valence-corrected chi connectivity index (χ0v) is 12.0. The fourth-order valence-corrected chi connectivity index (χ4v) is 3.14. The van der Waals surface area contributed by atoms with Gasteiger partial charge in [0.15, 0.2) is 0 Å². The number of anilines is 1. The summed E-state index contributed by atoms with van der Waals surface area (Å²) in [6.07, 6.45) is 5.46. The van der Waals surface area contributed by atoms with Crippen LogP contribution in [0.2, 0.25) is 0 Å². The van der Waals surface area contributed by atoms with Crippen molar-refractivity contribution in [2.24, 2.45) is 0 Å². The number of carbonyl (C=O) groups excluding carboxylic acids is 1. The molecule has 1 aliphatic rings. The van der Waals surface area contributed by atoms with Crippen molar-refractivity contribution in [2.45, 2.75) is 24.0 Å². The van der Waals surface area contributed by atoms with Gasteiger partial charge >= 0.3 is 0 Å². The Labute approximate surface area is 121 Å². The maximum Gasteiger partial charge on any atom is 0.292 e. The van der Waals surface area contributed by atoms with E-state index in [0.717, 1.165) is 12.8 Å². The lowest BCUT2D eigenvalue weighted by atomic mass is 9.84. The van der Waals surface area contributed by atoms with Gasteiger partial charge in [-0.15, -0.1) is 0 Å². The van der Waals surface area contributed by atoms with Crippen LogP contribution in [0.3, 0.4) is 0 Å². The summed E-state index contributed by atoms with van der Waals surface area (Å²) in [7, 11) is 0. The lowest BCUT2D eigenvalue weighted by Gasteiger charge is -2.40. The Kier molecular flexibility index (Phi) is 4.17. The van der Waals surface area contributed by atoms with Crippen molar-refractivity contribution < 1.29 is 9.72 Å². The predicted octanol–water partition coefficient (Wildman–Crippen LogP) is 2.19. The smallest absolute Gasteiger partial charge is 0.292 e. The van der Waals surface area contributed by atoms with Crippen LogP contribution in [0.4, 0.5) is 11.4 Å². The van der Waals surface area contributed by atoms with Gasteiger partial charge < -0.3 is 11.1 Å². The molecular formula is C13H17N3O3S. The summed E-state index contributed by atoms with van der Waals surface area (Å²) in [5.41, 5.74) is 5.76. The molecule has 7 heteroatoms. The normalized spacial score (nSPS) is 16.2. The molecule has 0 bridgehead atoms. The molecule has 1 fully saturated rings. The lowest BCUT2D eigenvalue weighted by Crippen LogP contribution is -2.45. The fraction of sp³-hybridized carbons (Fsp3) is 0.462. The monoisotopic (exact) mass is 295 g/mol. The van der Waals surface area contributed by atoms with E-state index < -0.39 is 4.92 Å². The van der Waals surface area contributed by atoms with Gasteiger partial charge in [0.25, 0.3) is 11.6 Å². The van der Waals surface area contributed by atoms with Crippen LogP contribution in [0, 0.1) is 10.1 Å². The minimum absolute atomic E-state index is 0.00544. The topological polar surface area (TPSA) is 98.3 Å². The first-order valence-electron chi connectivity index (χ1n) is 6.35. The standard InChI is InChI=1S/C13H17N3O3S/c1-20-13(5-2-6-13)8-15-12(17)9-3-4-11(16(18)19)10(14)7-9/h3-4,7H,2,5-6,8,14H2,1H3,(H,15,17). The highest BCUT2D eigenvalue weighted by molar-refractivity contribution is 8.00. The van der Waals surface area contributed by atoms with E-state index in [-0.39, 0.29) is 22.0 Å². The predicted molar refractivity (Wildman–Crippen MR) is 79.9 cm³/mol. The fourth-order valence-electron chi connectivity index (χ4n) is 2.23. The summed E-state index contributed by atoms with van der Waals surface area (Å²) in [4.78, 5) is 22.1. The number of nitro groups is 1. The van der Waals surface area contributed by atoms with Gasteiger partial charge in [0.05, 0.1) is 4.92 Å². The highest BCUT2D eigenvalue weighted by Gasteiger charge is 2.36. The molecular weight excluding hydrogens is 278 g/mol. The van der Waals surface area contributed by atoms with Gasteiger partial charge in [-0.3, -0.25) is 14.9 Å². The average Bonchev–Trinajstić information content (AvgIpc) is 2.37. The van der Waals surface area contributed by atoms with E-state index in [9.17, 15) is 14.9 Å². The van der Waals surface area contributed by atoms with Crippen molar-refractivity contribution in [3.05, 3.63) is 33.9 Å². The quantitative estimate of drug-likeness (QED) is 0.493. The third kappa shape index (κ3) is 2.87. The zero-order valence-electron chi connectivity index (χ0n) is 11.2. The molecule has 0 unspecified atom stereocenters. The summed E-state index contributed by atoms with van der Waals surface area (Å²) >= 11 is 1.78. The van der Waals surface area contributed by atoms with E-state index in [4.69, 9.17) is 5.73 Å². The lowest BCUT2D eigenvalue weighted by molar-refractivity contribution is -0.383. The van der Waals surface area contributed by atoms with Crippen molar-refractivity contribution in [1.82, 2.24) is 5.32 Å². The van der Waals surface area contributed by atoms with Crippen molar-refractivity contribution >= 4 is 29.0 Å². The average molecular weight is 295 g/mol. The number of nitrogen functional groups attached to an aromatic ring is 1. The molecule has 1 aliphatic carbocycles. The Morgan fingerprint density at radius 1 is 1.55 bits per heavy atom. The van der Waals surface area contributed by atoms with Crippen LogP contribution < -0.4 is 11.1 Å². The largest absolute Gasteiger partial charge is 0.393 e. The number of carbonyl (C=O) groups is 1. The summed E-state index contributed by atoms with van der Waals surface area (Å²) in [6, 6.07) is 4.04. The third-order valence-corrected chi connectivity index (χ3v) is 5.17. The number of nitro benzene ring substituents is 1. The molecule has 6 nitrogen and oxygen atoms in total. The Morgan fingerprint density at radius 2 is 2.25 bits per heavy atom. The first-order valence-corrected chi connectivity index (χ1v) is 7.57. The summed E-state index contributed by atoms with van der Waals surface area (Å²) in [5, 5.41) is 13.6. The van der Waals surface area contributed by atoms with Crippen LogP contribution in [0.15, 0.2) is 18.2 Å². The molecule has 0 aromatic heterocycles. The number of nitrogens with two attached hydrogens (primary N) is 1. The Balaban J connectivity index is 2.02. The number of thioether (sulfide) groups is 1. The number of amides is 1. The van der Waals surface area contributed by atoms with Crippen LogP contribution in [0.25, 0.3) is 0 Å². The van der Waals surface area contributed by atoms with Crippen LogP contribution in [-0.4, -0.2) is 28.4 Å². The van der Waals surface area contributed by atoms with Gasteiger partial charge in [-0.1, -0.05) is 6.42 Å². The molecule has 0 saturated heterocycles. The molecule has 0 heterocycles. The third-order valence-electron chi connectivity index (χ3n) is 3.76. The maximum absolute atomic E-state index is 12.0. The molecule has 1 aromatic carbocycles. The van der Waals surface area contributed by atoms with E-state index >= 15 is 0 Å². The van der Waals surface area contributed by atoms with Gasteiger partial charge in [-0.25, -0.2) is 0 Å². The van der Waals surface area contributed by atoms with Crippen molar-refractivity contribution in [1.29, 1.82) is 0 Å². The number of hydrogen-bond donors (Lipinski definition) is 2. The number of nitrogens with zero attached hydrogens (tertiary/aromatic N) is 1. The van der Waals surface area contributed by atoms with Crippen LogP contribution in [0.1, 0.15) is 29.6 Å². The SMILES string of the molecule is CSC1(CNC(=O)c2ccc([N+](=O)[O-])c(N)c2)CCC1. The molecule has 0 radical (unpaired) electrons. The van der Waals surface area contributed by atoms with Crippen LogP contribution >= 0.6 is 11.8 Å². The zero-order chi connectivity index (χ0) is 14.8. The number of hydrogen-bond acceptors (Lipinski definition) is 5. The highest BCUT2D eigenvalue weighted by Crippen LogP contribution is 2.42. The Morgan fingerprint density at radius 3 is 2.70 bits per heavy atom. The molecule has 0 aliphatic heterocycles. The number of rotatable bonds is 5. The molecule has 2 rings (SSSR count). The van der Waals surface area contributed by atoms with Gasteiger partial charge in [0, 0.05) is 22.9 Å². The van der Waals surface area contributed by atoms with Gasteiger partial charge in [-0.2, -0.15) is 11.8 Å². The molecule has 3 N–H and O–H groups in total. The Hall–Kier alpha value is -1.76. The Bertz CT molecular complexity index is 538. The van der Waals surface area contributed by atoms with Crippen molar-refractivity contribution in [3.8, 4) is 0 Å². The second-order valence-electron chi connectivity index (χ2n) is 4.95.